The minimum Gasteiger partial charge on any atom is -0.271 e. The quantitative estimate of drug-likeness (QED) is 0.728. The highest BCUT2D eigenvalue weighted by atomic mass is 16.2. The van der Waals surface area contributed by atoms with E-state index in [0.29, 0.717) is 0 Å². The lowest BCUT2D eigenvalue weighted by atomic mass is 10.0. The topological polar surface area (TPSA) is 32.3 Å². The Balaban J connectivity index is 2.37. The van der Waals surface area contributed by atoms with Crippen molar-refractivity contribution in [1.82, 2.24) is 10.4 Å². The molecule has 1 N–H and O–H groups in total. The minimum absolute atomic E-state index is 0.0712. The number of nitrogens with one attached hydrogen (secondary N) is 1. The van der Waals surface area contributed by atoms with Gasteiger partial charge in [0.15, 0.2) is 0 Å². The average molecular weight is 190 g/mol. The Morgan fingerprint density at radius 2 is 2.07 bits per heavy atom. The maximum Gasteiger partial charge on any atom is 0.268 e. The molecule has 0 bridgehead atoms. The van der Waals surface area contributed by atoms with Crippen LogP contribution in [0.5, 0.6) is 0 Å². The highest BCUT2D eigenvalue weighted by molar-refractivity contribution is 5.96. The van der Waals surface area contributed by atoms with E-state index in [9.17, 15) is 4.79 Å². The van der Waals surface area contributed by atoms with Crippen LogP contribution in [0.3, 0.4) is 0 Å². The van der Waals surface area contributed by atoms with E-state index in [2.05, 4.69) is 5.43 Å². The third-order valence-corrected chi connectivity index (χ3v) is 2.42. The van der Waals surface area contributed by atoms with E-state index < -0.39 is 0 Å². The van der Waals surface area contributed by atoms with Crippen molar-refractivity contribution in [3.05, 3.63) is 35.4 Å². The van der Waals surface area contributed by atoms with Crippen LogP contribution >= 0.6 is 0 Å². The molecule has 1 heterocycles. The number of hydrazine groups is 1. The summed E-state index contributed by atoms with van der Waals surface area (Å²) >= 11 is 0. The molecule has 0 radical (unpaired) electrons. The zero-order chi connectivity index (χ0) is 10.1. The molecule has 1 aromatic rings. The van der Waals surface area contributed by atoms with Gasteiger partial charge < -0.3 is 0 Å². The van der Waals surface area contributed by atoms with Gasteiger partial charge in [-0.1, -0.05) is 18.2 Å². The molecule has 3 nitrogen and oxygen atoms in total. The minimum atomic E-state index is 0.0712. The Kier molecular flexibility index (Phi) is 2.25. The first-order valence-electron chi connectivity index (χ1n) is 4.85. The van der Waals surface area contributed by atoms with Crippen molar-refractivity contribution in [1.29, 1.82) is 0 Å². The summed E-state index contributed by atoms with van der Waals surface area (Å²) < 4.78 is 0. The van der Waals surface area contributed by atoms with Gasteiger partial charge in [0.1, 0.15) is 0 Å². The van der Waals surface area contributed by atoms with Crippen LogP contribution in [-0.4, -0.2) is 17.0 Å². The Bertz CT molecular complexity index is 360. The molecule has 0 fully saturated rings. The van der Waals surface area contributed by atoms with Crippen LogP contribution in [0.25, 0.3) is 0 Å². The van der Waals surface area contributed by atoms with Gasteiger partial charge in [0.05, 0.1) is 0 Å². The summed E-state index contributed by atoms with van der Waals surface area (Å²) in [6, 6.07) is 7.92. The summed E-state index contributed by atoms with van der Waals surface area (Å²) in [5, 5.41) is 1.68. The van der Waals surface area contributed by atoms with E-state index in [-0.39, 0.29) is 11.9 Å². The molecule has 0 aromatic heterocycles. The van der Waals surface area contributed by atoms with Crippen LogP contribution in [0.4, 0.5) is 0 Å². The lowest BCUT2D eigenvalue weighted by molar-refractivity contribution is 0.0543. The van der Waals surface area contributed by atoms with Crippen molar-refractivity contribution in [2.24, 2.45) is 0 Å². The molecule has 3 heteroatoms. The molecular formula is C11H14N2O. The monoisotopic (exact) mass is 190 g/mol. The molecule has 0 atom stereocenters. The van der Waals surface area contributed by atoms with Crippen LogP contribution in [0.15, 0.2) is 24.3 Å². The second-order valence-electron chi connectivity index (χ2n) is 3.76. The second-order valence-corrected chi connectivity index (χ2v) is 3.76. The number of benzene rings is 1. The van der Waals surface area contributed by atoms with Gasteiger partial charge in [0.25, 0.3) is 5.91 Å². The maximum absolute atomic E-state index is 11.9. The van der Waals surface area contributed by atoms with Crippen molar-refractivity contribution in [2.75, 3.05) is 0 Å². The maximum atomic E-state index is 11.9. The number of hydrogen-bond acceptors (Lipinski definition) is 2. The van der Waals surface area contributed by atoms with E-state index >= 15 is 0 Å². The molecule has 14 heavy (non-hydrogen) atoms. The molecule has 0 saturated carbocycles. The number of hydrogen-bond donors (Lipinski definition) is 1. The fourth-order valence-corrected chi connectivity index (χ4v) is 1.67. The number of carbonyl (C=O) groups excluding carboxylic acids is 1. The molecule has 1 aliphatic heterocycles. The Labute approximate surface area is 83.7 Å². The fourth-order valence-electron chi connectivity index (χ4n) is 1.67. The summed E-state index contributed by atoms with van der Waals surface area (Å²) in [5.74, 6) is 0.0712. The molecular weight excluding hydrogens is 176 g/mol. The van der Waals surface area contributed by atoms with Gasteiger partial charge in [-0.3, -0.25) is 9.80 Å². The normalized spacial score (nSPS) is 15.9. The van der Waals surface area contributed by atoms with Crippen LogP contribution in [0.2, 0.25) is 0 Å². The number of carbonyl (C=O) groups is 1. The Morgan fingerprint density at radius 3 is 2.79 bits per heavy atom. The van der Waals surface area contributed by atoms with Crippen molar-refractivity contribution in [3.63, 3.8) is 0 Å². The third kappa shape index (κ3) is 1.40. The predicted octanol–water partition coefficient (Wildman–Crippen LogP) is 1.56. The first-order valence-corrected chi connectivity index (χ1v) is 4.85. The van der Waals surface area contributed by atoms with E-state index in [4.69, 9.17) is 0 Å². The van der Waals surface area contributed by atoms with Gasteiger partial charge in [0.2, 0.25) is 0 Å². The van der Waals surface area contributed by atoms with Crippen LogP contribution in [0, 0.1) is 0 Å². The fraction of sp³-hybridized carbons (Fsp3) is 0.364. The van der Waals surface area contributed by atoms with E-state index in [1.165, 1.54) is 0 Å². The Morgan fingerprint density at radius 1 is 1.36 bits per heavy atom. The van der Waals surface area contributed by atoms with E-state index in [1.54, 1.807) is 5.01 Å². The lowest BCUT2D eigenvalue weighted by Gasteiger charge is -2.32. The summed E-state index contributed by atoms with van der Waals surface area (Å²) in [6.07, 6.45) is 0. The largest absolute Gasteiger partial charge is 0.271 e. The lowest BCUT2D eigenvalue weighted by Crippen LogP contribution is -2.50. The molecule has 0 unspecified atom stereocenters. The highest BCUT2D eigenvalue weighted by Crippen LogP contribution is 2.16. The molecule has 74 valence electrons. The van der Waals surface area contributed by atoms with Gasteiger partial charge in [0, 0.05) is 18.2 Å². The molecule has 1 aromatic carbocycles. The summed E-state index contributed by atoms with van der Waals surface area (Å²) in [7, 11) is 0. The first kappa shape index (κ1) is 9.21. The van der Waals surface area contributed by atoms with Crippen LogP contribution < -0.4 is 5.43 Å². The average Bonchev–Trinajstić information content (AvgIpc) is 2.18. The number of amides is 1. The summed E-state index contributed by atoms with van der Waals surface area (Å²) in [4.78, 5) is 11.9. The molecule has 1 aliphatic rings. The van der Waals surface area contributed by atoms with Crippen molar-refractivity contribution < 1.29 is 4.79 Å². The SMILES string of the molecule is CC(C)N1NCc2ccccc2C1=O. The standard InChI is InChI=1S/C11H14N2O/c1-8(2)13-11(14)10-6-4-3-5-9(10)7-12-13/h3-6,8,12H,7H2,1-2H3. The van der Waals surface area contributed by atoms with Gasteiger partial charge in [-0.05, 0) is 25.5 Å². The number of nitrogens with zero attached hydrogens (tertiary/aromatic N) is 1. The highest BCUT2D eigenvalue weighted by Gasteiger charge is 2.24. The van der Waals surface area contributed by atoms with Gasteiger partial charge >= 0.3 is 0 Å². The second kappa shape index (κ2) is 3.42. The first-order chi connectivity index (χ1) is 6.70. The molecule has 0 spiro atoms. The van der Waals surface area contributed by atoms with Gasteiger partial charge in [-0.15, -0.1) is 0 Å². The van der Waals surface area contributed by atoms with Gasteiger partial charge in [-0.25, -0.2) is 5.43 Å². The van der Waals surface area contributed by atoms with Gasteiger partial charge in [-0.2, -0.15) is 0 Å². The molecule has 2 rings (SSSR count). The molecule has 1 amide bonds. The zero-order valence-corrected chi connectivity index (χ0v) is 8.45. The van der Waals surface area contributed by atoms with Crippen molar-refractivity contribution in [3.8, 4) is 0 Å². The summed E-state index contributed by atoms with van der Waals surface area (Å²) in [6.45, 7) is 4.73. The van der Waals surface area contributed by atoms with Crippen LogP contribution in [0.1, 0.15) is 29.8 Å². The number of fused-ring (bicyclic) bond motifs is 1. The third-order valence-electron chi connectivity index (χ3n) is 2.42. The van der Waals surface area contributed by atoms with Crippen LogP contribution in [-0.2, 0) is 6.54 Å². The predicted molar refractivity (Wildman–Crippen MR) is 54.6 cm³/mol. The zero-order valence-electron chi connectivity index (χ0n) is 8.45. The van der Waals surface area contributed by atoms with Crippen molar-refractivity contribution in [2.45, 2.75) is 26.4 Å². The van der Waals surface area contributed by atoms with Crippen molar-refractivity contribution >= 4 is 5.91 Å². The smallest absolute Gasteiger partial charge is 0.268 e. The molecule has 0 saturated heterocycles. The molecule has 0 aliphatic carbocycles. The summed E-state index contributed by atoms with van der Waals surface area (Å²) in [5.41, 5.74) is 5.01. The number of rotatable bonds is 1. The van der Waals surface area contributed by atoms with E-state index in [1.807, 2.05) is 38.1 Å². The van der Waals surface area contributed by atoms with E-state index in [0.717, 1.165) is 17.7 Å². The Hall–Kier alpha value is -1.35.